The van der Waals surface area contributed by atoms with Gasteiger partial charge in [0.15, 0.2) is 11.6 Å². The molecule has 7 nitrogen and oxygen atoms in total. The number of nitrogens with zero attached hydrogens (tertiary/aromatic N) is 2. The molecular weight excluding hydrogens is 490 g/mol. The lowest BCUT2D eigenvalue weighted by Crippen LogP contribution is -2.20. The zero-order chi connectivity index (χ0) is 25.2. The van der Waals surface area contributed by atoms with Crippen LogP contribution in [0.3, 0.4) is 0 Å². The number of fused-ring (bicyclic) bond motifs is 1. The summed E-state index contributed by atoms with van der Waals surface area (Å²) >= 11 is 5.57. The molecule has 2 amide bonds. The Kier molecular flexibility index (Phi) is 6.72. The first-order chi connectivity index (χ1) is 16.6. The minimum Gasteiger partial charge on any atom is -0.454 e. The van der Waals surface area contributed by atoms with Crippen LogP contribution in [0.5, 0.6) is 11.5 Å². The fraction of sp³-hybridized carbons (Fsp3) is 0.0870. The van der Waals surface area contributed by atoms with Gasteiger partial charge in [-0.3, -0.25) is 4.98 Å². The van der Waals surface area contributed by atoms with E-state index in [2.05, 4.69) is 20.6 Å². The van der Waals surface area contributed by atoms with E-state index in [0.29, 0.717) is 28.5 Å². The molecule has 1 aromatic heterocycles. The zero-order valence-electron chi connectivity index (χ0n) is 17.7. The molecule has 12 heteroatoms. The molecule has 0 radical (unpaired) electrons. The van der Waals surface area contributed by atoms with Crippen molar-refractivity contribution in [3.63, 3.8) is 0 Å². The van der Waals surface area contributed by atoms with Crippen LogP contribution in [0.4, 0.5) is 33.7 Å². The molecule has 3 aromatic carbocycles. The summed E-state index contributed by atoms with van der Waals surface area (Å²) in [6.45, 7) is 0.214. The van der Waals surface area contributed by atoms with Gasteiger partial charge < -0.3 is 21.1 Å². The molecule has 4 aromatic rings. The van der Waals surface area contributed by atoms with Crippen molar-refractivity contribution in [2.45, 2.75) is 12.7 Å². The largest absolute Gasteiger partial charge is 0.454 e. The van der Waals surface area contributed by atoms with Gasteiger partial charge in [0.2, 0.25) is 0 Å². The summed E-state index contributed by atoms with van der Waals surface area (Å²) in [5.74, 6) is -0.595. The minimum absolute atomic E-state index is 0.0503. The molecule has 4 N–H and O–H groups in total. The Morgan fingerprint density at radius 3 is 2.40 bits per heavy atom. The van der Waals surface area contributed by atoms with Crippen LogP contribution in [-0.2, 0) is 12.7 Å². The van der Waals surface area contributed by atoms with Crippen LogP contribution in [0.25, 0.3) is 11.0 Å². The molecule has 0 aliphatic rings. The highest BCUT2D eigenvalue weighted by Gasteiger charge is 2.33. The van der Waals surface area contributed by atoms with Gasteiger partial charge in [-0.05, 0) is 42.5 Å². The smallest absolute Gasteiger partial charge is 0.417 e. The molecule has 0 aliphatic carbocycles. The van der Waals surface area contributed by atoms with Crippen LogP contribution >= 0.6 is 11.6 Å². The van der Waals surface area contributed by atoms with E-state index in [1.165, 1.54) is 18.2 Å². The van der Waals surface area contributed by atoms with Crippen LogP contribution in [-0.4, -0.2) is 16.0 Å². The first-order valence-electron chi connectivity index (χ1n) is 10.0. The van der Waals surface area contributed by atoms with E-state index in [4.69, 9.17) is 22.1 Å². The fourth-order valence-electron chi connectivity index (χ4n) is 3.09. The van der Waals surface area contributed by atoms with Gasteiger partial charge in [0.25, 0.3) is 0 Å². The van der Waals surface area contributed by atoms with Crippen molar-refractivity contribution >= 4 is 40.0 Å². The van der Waals surface area contributed by atoms with E-state index < -0.39 is 28.6 Å². The Bertz CT molecular complexity index is 1410. The normalized spacial score (nSPS) is 11.4. The molecule has 0 saturated carbocycles. The van der Waals surface area contributed by atoms with Gasteiger partial charge in [-0.25, -0.2) is 14.2 Å². The highest BCUT2D eigenvalue weighted by molar-refractivity contribution is 6.31. The van der Waals surface area contributed by atoms with Crippen LogP contribution < -0.4 is 21.1 Å². The standard InChI is InChI=1S/C23H16ClF4N5O2/c24-17-4-1-12(7-16(17)23(26,27)28)32-22(34)33-13-2-6-21(18(25)8-13)35-15-3-5-19-20(9-15)31-14(10-29)11-30-19/h1-9,11H,10,29H2,(H2,32,33,34). The average Bonchev–Trinajstić information content (AvgIpc) is 2.81. The molecule has 4 rings (SSSR count). The number of urea groups is 1. The topological polar surface area (TPSA) is 102 Å². The molecule has 0 spiro atoms. The third-order valence-corrected chi connectivity index (χ3v) is 5.05. The van der Waals surface area contributed by atoms with E-state index in [0.717, 1.165) is 12.1 Å². The highest BCUT2D eigenvalue weighted by atomic mass is 35.5. The molecule has 180 valence electrons. The summed E-state index contributed by atoms with van der Waals surface area (Å²) < 4.78 is 59.1. The second-order valence-corrected chi connectivity index (χ2v) is 7.64. The number of nitrogens with two attached hydrogens (primary N) is 1. The van der Waals surface area contributed by atoms with E-state index >= 15 is 0 Å². The summed E-state index contributed by atoms with van der Waals surface area (Å²) in [7, 11) is 0. The number of ether oxygens (including phenoxy) is 1. The number of nitrogens with one attached hydrogen (secondary N) is 2. The molecule has 0 unspecified atom stereocenters. The zero-order valence-corrected chi connectivity index (χ0v) is 18.4. The minimum atomic E-state index is -4.69. The number of benzene rings is 3. The van der Waals surface area contributed by atoms with E-state index in [-0.39, 0.29) is 23.7 Å². The van der Waals surface area contributed by atoms with Crippen molar-refractivity contribution in [3.8, 4) is 11.5 Å². The molecular formula is C23H16ClF4N5O2. The van der Waals surface area contributed by atoms with Crippen molar-refractivity contribution in [2.24, 2.45) is 5.73 Å². The van der Waals surface area contributed by atoms with Crippen LogP contribution in [0, 0.1) is 5.82 Å². The highest BCUT2D eigenvalue weighted by Crippen LogP contribution is 2.36. The summed E-state index contributed by atoms with van der Waals surface area (Å²) in [5, 5.41) is 4.09. The fourth-order valence-corrected chi connectivity index (χ4v) is 3.32. The predicted molar refractivity (Wildman–Crippen MR) is 123 cm³/mol. The van der Waals surface area contributed by atoms with Crippen molar-refractivity contribution < 1.29 is 27.1 Å². The van der Waals surface area contributed by atoms with Crippen molar-refractivity contribution in [1.82, 2.24) is 9.97 Å². The summed E-state index contributed by atoms with van der Waals surface area (Å²) in [6.07, 6.45) is -3.12. The molecule has 0 atom stereocenters. The number of hydrogen-bond acceptors (Lipinski definition) is 5. The van der Waals surface area contributed by atoms with Crippen molar-refractivity contribution in [3.05, 3.63) is 82.9 Å². The second-order valence-electron chi connectivity index (χ2n) is 7.23. The van der Waals surface area contributed by atoms with Gasteiger partial charge >= 0.3 is 12.2 Å². The number of hydrogen-bond donors (Lipinski definition) is 3. The SMILES string of the molecule is NCc1cnc2ccc(Oc3ccc(NC(=O)Nc4ccc(Cl)c(C(F)(F)F)c4)cc3F)cc2n1. The molecule has 35 heavy (non-hydrogen) atoms. The Morgan fingerprint density at radius 2 is 1.71 bits per heavy atom. The lowest BCUT2D eigenvalue weighted by Gasteiger charge is -2.13. The Hall–Kier alpha value is -3.96. The number of amides is 2. The number of anilines is 2. The first-order valence-corrected chi connectivity index (χ1v) is 10.4. The maximum Gasteiger partial charge on any atom is 0.417 e. The summed E-state index contributed by atoms with van der Waals surface area (Å²) in [6, 6.07) is 10.6. The molecule has 0 saturated heterocycles. The second kappa shape index (κ2) is 9.72. The number of aromatic nitrogens is 2. The molecule has 0 bridgehead atoms. The monoisotopic (exact) mass is 505 g/mol. The Balaban J connectivity index is 1.45. The van der Waals surface area contributed by atoms with E-state index in [1.807, 2.05) is 0 Å². The van der Waals surface area contributed by atoms with Gasteiger partial charge in [-0.1, -0.05) is 11.6 Å². The van der Waals surface area contributed by atoms with E-state index in [1.54, 1.807) is 24.4 Å². The molecule has 0 fully saturated rings. The Labute approximate surface area is 200 Å². The van der Waals surface area contributed by atoms with Gasteiger partial charge in [-0.2, -0.15) is 13.2 Å². The maximum atomic E-state index is 14.6. The lowest BCUT2D eigenvalue weighted by molar-refractivity contribution is -0.137. The third-order valence-electron chi connectivity index (χ3n) is 4.72. The number of alkyl halides is 3. The van der Waals surface area contributed by atoms with Gasteiger partial charge in [0, 0.05) is 30.1 Å². The first kappa shape index (κ1) is 24.2. The quantitative estimate of drug-likeness (QED) is 0.275. The van der Waals surface area contributed by atoms with Crippen LogP contribution in [0.1, 0.15) is 11.3 Å². The third kappa shape index (κ3) is 5.76. The van der Waals surface area contributed by atoms with Crippen LogP contribution in [0.15, 0.2) is 60.8 Å². The summed E-state index contributed by atoms with van der Waals surface area (Å²) in [4.78, 5) is 20.7. The number of carbonyl (C=O) groups is 1. The maximum absolute atomic E-state index is 14.6. The number of carbonyl (C=O) groups excluding carboxylic acids is 1. The Morgan fingerprint density at radius 1 is 1.00 bits per heavy atom. The van der Waals surface area contributed by atoms with Gasteiger partial charge in [-0.15, -0.1) is 0 Å². The number of halogens is 5. The number of rotatable bonds is 5. The van der Waals surface area contributed by atoms with Crippen LogP contribution in [0.2, 0.25) is 5.02 Å². The van der Waals surface area contributed by atoms with E-state index in [9.17, 15) is 22.4 Å². The predicted octanol–water partition coefficient (Wildman–Crippen LogP) is 6.34. The lowest BCUT2D eigenvalue weighted by atomic mass is 10.2. The van der Waals surface area contributed by atoms with Crippen molar-refractivity contribution in [1.29, 1.82) is 0 Å². The average molecular weight is 506 g/mol. The van der Waals surface area contributed by atoms with Gasteiger partial charge in [0.1, 0.15) is 5.75 Å². The van der Waals surface area contributed by atoms with Crippen molar-refractivity contribution in [2.75, 3.05) is 10.6 Å². The summed E-state index contributed by atoms with van der Waals surface area (Å²) in [5.41, 5.74) is 6.12. The molecule has 1 heterocycles. The molecule has 0 aliphatic heterocycles. The van der Waals surface area contributed by atoms with Gasteiger partial charge in [0.05, 0.1) is 33.5 Å².